The second-order valence-corrected chi connectivity index (χ2v) is 10.6. The molecule has 0 bridgehead atoms. The number of piperazine rings is 1. The van der Waals surface area contributed by atoms with Crippen LogP contribution in [0.25, 0.3) is 10.9 Å². The number of para-hydroxylation sites is 1. The second-order valence-electron chi connectivity index (χ2n) is 8.58. The Balaban J connectivity index is 1.18. The van der Waals surface area contributed by atoms with Crippen molar-refractivity contribution in [3.8, 4) is 0 Å². The minimum Gasteiger partial charge on any atom is -0.336 e. The minimum atomic E-state index is -1.48. The molecule has 9 heteroatoms. The summed E-state index contributed by atoms with van der Waals surface area (Å²) in [6.45, 7) is 3.54. The average Bonchev–Trinajstić information content (AvgIpc) is 2.90. The number of hydrogen-bond acceptors (Lipinski definition) is 4. The third-order valence-corrected chi connectivity index (χ3v) is 7.94. The number of anilines is 1. The molecule has 1 fully saturated rings. The lowest BCUT2D eigenvalue weighted by atomic mass is 10.1. The third kappa shape index (κ3) is 5.55. The van der Waals surface area contributed by atoms with E-state index in [0.717, 1.165) is 30.6 Å². The van der Waals surface area contributed by atoms with E-state index in [0.29, 0.717) is 44.8 Å². The van der Waals surface area contributed by atoms with Gasteiger partial charge in [0.2, 0.25) is 0 Å². The number of rotatable bonds is 6. The van der Waals surface area contributed by atoms with Crippen LogP contribution in [0.5, 0.6) is 0 Å². The van der Waals surface area contributed by atoms with Gasteiger partial charge in [0.05, 0.1) is 10.4 Å². The Morgan fingerprint density at radius 3 is 2.44 bits per heavy atom. The Hall–Kier alpha value is -2.97. The van der Waals surface area contributed by atoms with Gasteiger partial charge in [0.25, 0.3) is 5.91 Å². The molecule has 0 radical (unpaired) electrons. The van der Waals surface area contributed by atoms with Crippen molar-refractivity contribution in [3.05, 3.63) is 100 Å². The topological polar surface area (TPSA) is 65.5 Å². The molecule has 0 aliphatic carbocycles. The summed E-state index contributed by atoms with van der Waals surface area (Å²) in [4.78, 5) is 22.2. The Labute approximate surface area is 222 Å². The first kappa shape index (κ1) is 24.7. The van der Waals surface area contributed by atoms with Crippen molar-refractivity contribution in [2.45, 2.75) is 11.4 Å². The van der Waals surface area contributed by atoms with Gasteiger partial charge in [0.15, 0.2) is 11.0 Å². The van der Waals surface area contributed by atoms with E-state index in [-0.39, 0.29) is 5.91 Å². The highest BCUT2D eigenvalue weighted by Crippen LogP contribution is 2.24. The van der Waals surface area contributed by atoms with Gasteiger partial charge in [-0.15, -0.1) is 0 Å². The van der Waals surface area contributed by atoms with Crippen molar-refractivity contribution in [3.63, 3.8) is 0 Å². The number of amides is 1. The molecule has 1 unspecified atom stereocenters. The Morgan fingerprint density at radius 1 is 0.944 bits per heavy atom. The number of nitrogens with zero attached hydrogens (tertiary/aromatic N) is 3. The molecule has 1 amide bonds. The van der Waals surface area contributed by atoms with Gasteiger partial charge in [0, 0.05) is 65.6 Å². The molecule has 36 heavy (non-hydrogen) atoms. The quantitative estimate of drug-likeness (QED) is 0.345. The van der Waals surface area contributed by atoms with E-state index >= 15 is 0 Å². The average molecular weight is 539 g/mol. The summed E-state index contributed by atoms with van der Waals surface area (Å²) in [6, 6.07) is 22.0. The zero-order chi connectivity index (χ0) is 25.1. The highest BCUT2D eigenvalue weighted by molar-refractivity contribution is 7.86. The van der Waals surface area contributed by atoms with Crippen molar-refractivity contribution in [1.82, 2.24) is 14.8 Å². The molecule has 0 spiro atoms. The molecule has 1 aliphatic heterocycles. The van der Waals surface area contributed by atoms with Crippen LogP contribution in [0.15, 0.2) is 83.9 Å². The molecule has 1 atom stereocenters. The summed E-state index contributed by atoms with van der Waals surface area (Å²) in [7, 11) is -1.48. The predicted octanol–water partition coefficient (Wildman–Crippen LogP) is 5.63. The maximum absolute atomic E-state index is 13.0. The number of halogens is 2. The Bertz CT molecular complexity index is 1420. The molecule has 1 saturated heterocycles. The van der Waals surface area contributed by atoms with E-state index in [9.17, 15) is 9.00 Å². The summed E-state index contributed by atoms with van der Waals surface area (Å²) < 4.78 is 16.0. The van der Waals surface area contributed by atoms with Gasteiger partial charge in [-0.3, -0.25) is 14.7 Å². The standard InChI is InChI=1S/C27H24Cl2N4O2S/c28-22-9-6-21(24(29)17-22)18-32-13-15-33(16-14-32)27(34)20-7-10-23(11-8-20)31-36(35)25-5-1-3-19-4-2-12-30-26(19)25/h1-12,17,31H,13-16,18H2. The van der Waals surface area contributed by atoms with Crippen LogP contribution in [0.3, 0.4) is 0 Å². The molecule has 1 aromatic heterocycles. The first-order chi connectivity index (χ1) is 17.5. The molecule has 3 aromatic carbocycles. The lowest BCUT2D eigenvalue weighted by Crippen LogP contribution is -2.48. The normalized spacial score (nSPS) is 15.1. The van der Waals surface area contributed by atoms with Gasteiger partial charge in [-0.05, 0) is 54.1 Å². The number of fused-ring (bicyclic) bond motifs is 1. The number of nitrogens with one attached hydrogen (secondary N) is 1. The maximum atomic E-state index is 13.0. The first-order valence-corrected chi connectivity index (χ1v) is 13.5. The number of aromatic nitrogens is 1. The van der Waals surface area contributed by atoms with Crippen LogP contribution in [0.2, 0.25) is 10.0 Å². The van der Waals surface area contributed by atoms with Gasteiger partial charge >= 0.3 is 0 Å². The third-order valence-electron chi connectivity index (χ3n) is 6.21. The predicted molar refractivity (Wildman–Crippen MR) is 146 cm³/mol. The largest absolute Gasteiger partial charge is 0.336 e. The Kier molecular flexibility index (Phi) is 7.53. The van der Waals surface area contributed by atoms with E-state index in [1.165, 1.54) is 0 Å². The summed E-state index contributed by atoms with van der Waals surface area (Å²) in [5.41, 5.74) is 3.01. The molecule has 6 nitrogen and oxygen atoms in total. The van der Waals surface area contributed by atoms with Crippen LogP contribution in [0.4, 0.5) is 5.69 Å². The summed E-state index contributed by atoms with van der Waals surface area (Å²) in [6.07, 6.45) is 1.69. The lowest BCUT2D eigenvalue weighted by molar-refractivity contribution is 0.0628. The number of pyridine rings is 1. The van der Waals surface area contributed by atoms with Gasteiger partial charge in [-0.1, -0.05) is 47.5 Å². The van der Waals surface area contributed by atoms with Crippen molar-refractivity contribution in [2.75, 3.05) is 30.9 Å². The van der Waals surface area contributed by atoms with Gasteiger partial charge in [-0.25, -0.2) is 4.21 Å². The van der Waals surface area contributed by atoms with E-state index in [4.69, 9.17) is 23.2 Å². The fraction of sp³-hybridized carbons (Fsp3) is 0.185. The fourth-order valence-corrected chi connectivity index (χ4v) is 5.73. The van der Waals surface area contributed by atoms with Crippen LogP contribution in [-0.4, -0.2) is 51.1 Å². The van der Waals surface area contributed by atoms with Crippen molar-refractivity contribution in [2.24, 2.45) is 0 Å². The molecular weight excluding hydrogens is 515 g/mol. The highest BCUT2D eigenvalue weighted by atomic mass is 35.5. The van der Waals surface area contributed by atoms with Gasteiger partial charge in [-0.2, -0.15) is 0 Å². The van der Waals surface area contributed by atoms with Crippen LogP contribution >= 0.6 is 23.2 Å². The van der Waals surface area contributed by atoms with Crippen molar-refractivity contribution < 1.29 is 9.00 Å². The number of carbonyl (C=O) groups is 1. The van der Waals surface area contributed by atoms with Crippen molar-refractivity contribution in [1.29, 1.82) is 0 Å². The molecule has 2 heterocycles. The van der Waals surface area contributed by atoms with Crippen molar-refractivity contribution >= 4 is 56.7 Å². The van der Waals surface area contributed by atoms with E-state index in [1.807, 2.05) is 41.3 Å². The summed E-state index contributed by atoms with van der Waals surface area (Å²) in [5, 5.41) is 2.21. The lowest BCUT2D eigenvalue weighted by Gasteiger charge is -2.35. The van der Waals surface area contributed by atoms with Gasteiger partial charge < -0.3 is 9.62 Å². The molecule has 184 valence electrons. The van der Waals surface area contributed by atoms with E-state index in [1.54, 1.807) is 42.6 Å². The smallest absolute Gasteiger partial charge is 0.253 e. The summed E-state index contributed by atoms with van der Waals surface area (Å²) >= 11 is 12.3. The summed E-state index contributed by atoms with van der Waals surface area (Å²) in [5.74, 6) is -0.00917. The second kappa shape index (κ2) is 11.0. The van der Waals surface area contributed by atoms with Crippen LogP contribution in [-0.2, 0) is 17.5 Å². The van der Waals surface area contributed by atoms with E-state index in [2.05, 4.69) is 14.6 Å². The Morgan fingerprint density at radius 2 is 1.69 bits per heavy atom. The number of carbonyl (C=O) groups excluding carboxylic acids is 1. The van der Waals surface area contributed by atoms with Gasteiger partial charge in [0.1, 0.15) is 0 Å². The van der Waals surface area contributed by atoms with E-state index < -0.39 is 11.0 Å². The number of hydrogen-bond donors (Lipinski definition) is 1. The molecule has 0 saturated carbocycles. The van der Waals surface area contributed by atoms with Crippen LogP contribution < -0.4 is 4.72 Å². The molecule has 4 aromatic rings. The van der Waals surface area contributed by atoms with Crippen LogP contribution in [0.1, 0.15) is 15.9 Å². The monoisotopic (exact) mass is 538 g/mol. The highest BCUT2D eigenvalue weighted by Gasteiger charge is 2.23. The maximum Gasteiger partial charge on any atom is 0.253 e. The molecular formula is C27H24Cl2N4O2S. The molecule has 1 N–H and O–H groups in total. The minimum absolute atomic E-state index is 0.00917. The fourth-order valence-electron chi connectivity index (χ4n) is 4.25. The first-order valence-electron chi connectivity index (χ1n) is 11.6. The zero-order valence-corrected chi connectivity index (χ0v) is 21.7. The molecule has 1 aliphatic rings. The van der Waals surface area contributed by atoms with Crippen LogP contribution in [0, 0.1) is 0 Å². The zero-order valence-electron chi connectivity index (χ0n) is 19.4. The molecule has 5 rings (SSSR count). The SMILES string of the molecule is O=C(c1ccc(NS(=O)c2cccc3cccnc23)cc1)N1CCN(Cc2ccc(Cl)cc2Cl)CC1. The number of benzene rings is 3.